The van der Waals surface area contributed by atoms with Gasteiger partial charge in [-0.3, -0.25) is 9.89 Å². The Morgan fingerprint density at radius 1 is 1.73 bits per heavy atom. The molecule has 3 N–H and O–H groups in total. The summed E-state index contributed by atoms with van der Waals surface area (Å²) in [4.78, 5) is 11.2. The van der Waals surface area contributed by atoms with Crippen LogP contribution in [-0.4, -0.2) is 16.0 Å². The number of ketones is 1. The number of hydrogen-bond donors (Lipinski definition) is 2. The average Bonchev–Trinajstić information content (AvgIpc) is 2.45. The molecule has 1 heterocycles. The maximum Gasteiger partial charge on any atom is 0.166 e. The molecule has 1 atom stereocenters. The zero-order valence-corrected chi connectivity index (χ0v) is 6.00. The minimum absolute atomic E-state index is 0.0369. The van der Waals surface area contributed by atoms with Crippen molar-refractivity contribution in [3.8, 4) is 0 Å². The lowest BCUT2D eigenvalue weighted by Crippen LogP contribution is -2.20. The Labute approximate surface area is 63.8 Å². The molecule has 4 heteroatoms. The number of fused-ring (bicyclic) bond motifs is 1. The fraction of sp³-hybridized carbons (Fsp3) is 0.429. The fourth-order valence-electron chi connectivity index (χ4n) is 1.37. The minimum Gasteiger partial charge on any atom is -0.323 e. The molecule has 11 heavy (non-hydrogen) atoms. The summed E-state index contributed by atoms with van der Waals surface area (Å²) in [6, 6.07) is -0.0369. The number of hydrogen-bond acceptors (Lipinski definition) is 3. The lowest BCUT2D eigenvalue weighted by Gasteiger charge is -2.15. The summed E-state index contributed by atoms with van der Waals surface area (Å²) in [5.74, 6) is 0.149. The van der Waals surface area contributed by atoms with Crippen molar-refractivity contribution in [2.24, 2.45) is 5.73 Å². The third-order valence-corrected chi connectivity index (χ3v) is 2.02. The number of rotatable bonds is 0. The molecule has 1 aliphatic rings. The number of nitrogens with zero attached hydrogens (tertiary/aromatic N) is 1. The SMILES string of the molecule is NC1CCC(=O)c2cn[nH]c21. The van der Waals surface area contributed by atoms with Gasteiger partial charge in [-0.2, -0.15) is 5.10 Å². The molecule has 0 radical (unpaired) electrons. The van der Waals surface area contributed by atoms with Crippen molar-refractivity contribution in [3.05, 3.63) is 17.5 Å². The maximum atomic E-state index is 11.2. The summed E-state index contributed by atoms with van der Waals surface area (Å²) in [5, 5.41) is 6.52. The first kappa shape index (κ1) is 6.54. The first-order valence-electron chi connectivity index (χ1n) is 3.61. The first-order chi connectivity index (χ1) is 5.29. The van der Waals surface area contributed by atoms with Gasteiger partial charge in [-0.15, -0.1) is 0 Å². The molecule has 2 rings (SSSR count). The molecule has 1 aromatic heterocycles. The van der Waals surface area contributed by atoms with Gasteiger partial charge in [0.15, 0.2) is 5.78 Å². The first-order valence-corrected chi connectivity index (χ1v) is 3.61. The van der Waals surface area contributed by atoms with E-state index < -0.39 is 0 Å². The maximum absolute atomic E-state index is 11.2. The minimum atomic E-state index is -0.0369. The lowest BCUT2D eigenvalue weighted by molar-refractivity contribution is 0.0967. The second-order valence-electron chi connectivity index (χ2n) is 2.77. The molecular weight excluding hydrogens is 142 g/mol. The van der Waals surface area contributed by atoms with Gasteiger partial charge < -0.3 is 5.73 Å². The van der Waals surface area contributed by atoms with Crippen molar-refractivity contribution >= 4 is 5.78 Å². The Balaban J connectivity index is 2.51. The zero-order valence-electron chi connectivity index (χ0n) is 6.00. The van der Waals surface area contributed by atoms with Crippen LogP contribution in [0.5, 0.6) is 0 Å². The van der Waals surface area contributed by atoms with Crippen LogP contribution in [-0.2, 0) is 0 Å². The molecule has 1 aromatic rings. The van der Waals surface area contributed by atoms with E-state index in [9.17, 15) is 4.79 Å². The van der Waals surface area contributed by atoms with E-state index in [2.05, 4.69) is 10.2 Å². The molecule has 0 aliphatic heterocycles. The molecule has 0 amide bonds. The molecule has 0 spiro atoms. The van der Waals surface area contributed by atoms with Crippen LogP contribution in [0.1, 0.15) is 34.9 Å². The van der Waals surface area contributed by atoms with Gasteiger partial charge in [0, 0.05) is 12.5 Å². The second kappa shape index (κ2) is 2.17. The van der Waals surface area contributed by atoms with Gasteiger partial charge in [0.1, 0.15) is 0 Å². The number of nitrogens with one attached hydrogen (secondary N) is 1. The van der Waals surface area contributed by atoms with Crippen LogP contribution < -0.4 is 5.73 Å². The number of carbonyl (C=O) groups is 1. The Hall–Kier alpha value is -1.16. The number of nitrogens with two attached hydrogens (primary N) is 1. The molecule has 0 saturated carbocycles. The molecule has 4 nitrogen and oxygen atoms in total. The van der Waals surface area contributed by atoms with E-state index in [1.807, 2.05) is 0 Å². The average molecular weight is 151 g/mol. The molecule has 0 saturated heterocycles. The normalized spacial score (nSPS) is 23.4. The van der Waals surface area contributed by atoms with Gasteiger partial charge in [0.25, 0.3) is 0 Å². The molecule has 0 aromatic carbocycles. The number of aromatic nitrogens is 2. The predicted octanol–water partition coefficient (Wildman–Crippen LogP) is 0.386. The smallest absolute Gasteiger partial charge is 0.166 e. The number of carbonyl (C=O) groups excluding carboxylic acids is 1. The summed E-state index contributed by atoms with van der Waals surface area (Å²) >= 11 is 0. The number of Topliss-reactive ketones (excluding diaryl/α,β-unsaturated/α-hetero) is 1. The third-order valence-electron chi connectivity index (χ3n) is 2.02. The molecule has 0 fully saturated rings. The lowest BCUT2D eigenvalue weighted by atomic mass is 9.93. The van der Waals surface area contributed by atoms with E-state index in [0.717, 1.165) is 12.1 Å². The van der Waals surface area contributed by atoms with Crippen LogP contribution in [0.2, 0.25) is 0 Å². The Morgan fingerprint density at radius 3 is 3.27 bits per heavy atom. The molecule has 0 bridgehead atoms. The monoisotopic (exact) mass is 151 g/mol. The van der Waals surface area contributed by atoms with Crippen LogP contribution in [0.25, 0.3) is 0 Å². The molecule has 58 valence electrons. The quantitative estimate of drug-likeness (QED) is 0.563. The van der Waals surface area contributed by atoms with E-state index in [1.54, 1.807) is 6.20 Å². The van der Waals surface area contributed by atoms with E-state index in [4.69, 9.17) is 5.73 Å². The van der Waals surface area contributed by atoms with Gasteiger partial charge in [-0.05, 0) is 6.42 Å². The number of H-pyrrole nitrogens is 1. The summed E-state index contributed by atoms with van der Waals surface area (Å²) < 4.78 is 0. The van der Waals surface area contributed by atoms with Crippen molar-refractivity contribution in [2.45, 2.75) is 18.9 Å². The van der Waals surface area contributed by atoms with Gasteiger partial charge in [-0.25, -0.2) is 0 Å². The van der Waals surface area contributed by atoms with Crippen LogP contribution in [0.3, 0.4) is 0 Å². The van der Waals surface area contributed by atoms with Crippen molar-refractivity contribution in [2.75, 3.05) is 0 Å². The van der Waals surface area contributed by atoms with Crippen LogP contribution in [0.4, 0.5) is 0 Å². The Morgan fingerprint density at radius 2 is 2.55 bits per heavy atom. The highest BCUT2D eigenvalue weighted by Crippen LogP contribution is 2.24. The van der Waals surface area contributed by atoms with Crippen LogP contribution in [0.15, 0.2) is 6.20 Å². The zero-order chi connectivity index (χ0) is 7.84. The molecule has 1 aliphatic carbocycles. The van der Waals surface area contributed by atoms with Crippen LogP contribution >= 0.6 is 0 Å². The van der Waals surface area contributed by atoms with Gasteiger partial charge >= 0.3 is 0 Å². The van der Waals surface area contributed by atoms with Crippen molar-refractivity contribution < 1.29 is 4.79 Å². The van der Waals surface area contributed by atoms with E-state index in [1.165, 1.54) is 0 Å². The fourth-order valence-corrected chi connectivity index (χ4v) is 1.37. The molecule has 1 unspecified atom stereocenters. The topological polar surface area (TPSA) is 71.8 Å². The van der Waals surface area contributed by atoms with E-state index in [-0.39, 0.29) is 11.8 Å². The Kier molecular flexibility index (Phi) is 1.29. The summed E-state index contributed by atoms with van der Waals surface area (Å²) in [7, 11) is 0. The van der Waals surface area contributed by atoms with Crippen LogP contribution in [0, 0.1) is 0 Å². The largest absolute Gasteiger partial charge is 0.323 e. The van der Waals surface area contributed by atoms with Gasteiger partial charge in [0.2, 0.25) is 0 Å². The van der Waals surface area contributed by atoms with Crippen molar-refractivity contribution in [1.29, 1.82) is 0 Å². The third kappa shape index (κ3) is 0.867. The van der Waals surface area contributed by atoms with Gasteiger partial charge in [-0.1, -0.05) is 0 Å². The molecular formula is C7H9N3O. The van der Waals surface area contributed by atoms with Gasteiger partial charge in [0.05, 0.1) is 17.5 Å². The summed E-state index contributed by atoms with van der Waals surface area (Å²) in [5.41, 5.74) is 7.19. The summed E-state index contributed by atoms with van der Waals surface area (Å²) in [6.07, 6.45) is 2.83. The van der Waals surface area contributed by atoms with E-state index in [0.29, 0.717) is 12.0 Å². The second-order valence-corrected chi connectivity index (χ2v) is 2.77. The van der Waals surface area contributed by atoms with E-state index >= 15 is 0 Å². The standard InChI is InChI=1S/C7H9N3O/c8-5-1-2-6(11)4-3-9-10-7(4)5/h3,5H,1-2,8H2,(H,9,10). The highest BCUT2D eigenvalue weighted by Gasteiger charge is 2.24. The van der Waals surface area contributed by atoms with Crippen molar-refractivity contribution in [1.82, 2.24) is 10.2 Å². The predicted molar refractivity (Wildman–Crippen MR) is 39.1 cm³/mol. The van der Waals surface area contributed by atoms with Crippen molar-refractivity contribution in [3.63, 3.8) is 0 Å². The Bertz CT molecular complexity index is 292. The highest BCUT2D eigenvalue weighted by molar-refractivity contribution is 5.98. The highest BCUT2D eigenvalue weighted by atomic mass is 16.1. The number of aromatic amines is 1. The summed E-state index contributed by atoms with van der Waals surface area (Å²) in [6.45, 7) is 0.